The first-order valence-corrected chi connectivity index (χ1v) is 10.4. The summed E-state index contributed by atoms with van der Waals surface area (Å²) >= 11 is 13.6. The lowest BCUT2D eigenvalue weighted by atomic mass is 10.2. The summed E-state index contributed by atoms with van der Waals surface area (Å²) in [5.74, 6) is 0.221. The number of rotatable bonds is 5. The van der Waals surface area contributed by atoms with Gasteiger partial charge in [0.15, 0.2) is 0 Å². The molecule has 138 valence electrons. The average Bonchev–Trinajstić information content (AvgIpc) is 2.67. The van der Waals surface area contributed by atoms with E-state index >= 15 is 0 Å². The third-order valence-corrected chi connectivity index (χ3v) is 6.35. The van der Waals surface area contributed by atoms with Gasteiger partial charge in [-0.2, -0.15) is 0 Å². The van der Waals surface area contributed by atoms with E-state index in [1.165, 1.54) is 0 Å². The molecular formula is C20H22Cl2N2OS. The van der Waals surface area contributed by atoms with Gasteiger partial charge in [-0.1, -0.05) is 36.2 Å². The molecule has 2 aromatic rings. The summed E-state index contributed by atoms with van der Waals surface area (Å²) in [4.78, 5) is 18.3. The summed E-state index contributed by atoms with van der Waals surface area (Å²) in [5, 5.41) is 1.39. The first kappa shape index (κ1) is 19.4. The maximum absolute atomic E-state index is 12.9. The molecule has 0 spiro atoms. The molecule has 1 saturated heterocycles. The Labute approximate surface area is 169 Å². The minimum absolute atomic E-state index is 0.0612. The van der Waals surface area contributed by atoms with E-state index < -0.39 is 0 Å². The minimum Gasteiger partial charge on any atom is -0.368 e. The van der Waals surface area contributed by atoms with Gasteiger partial charge in [-0.3, -0.25) is 4.79 Å². The molecule has 0 N–H and O–H groups in total. The van der Waals surface area contributed by atoms with E-state index in [2.05, 4.69) is 17.9 Å². The van der Waals surface area contributed by atoms with Crippen molar-refractivity contribution in [1.29, 1.82) is 0 Å². The number of hydrogen-bond donors (Lipinski definition) is 0. The van der Waals surface area contributed by atoms with Gasteiger partial charge in [-0.25, -0.2) is 0 Å². The van der Waals surface area contributed by atoms with Crippen LogP contribution in [0.1, 0.15) is 13.3 Å². The van der Waals surface area contributed by atoms with Gasteiger partial charge >= 0.3 is 0 Å². The monoisotopic (exact) mass is 408 g/mol. The largest absolute Gasteiger partial charge is 0.368 e. The lowest BCUT2D eigenvalue weighted by Gasteiger charge is -2.37. The van der Waals surface area contributed by atoms with Crippen molar-refractivity contribution in [3.8, 4) is 0 Å². The highest BCUT2D eigenvalue weighted by molar-refractivity contribution is 8.00. The van der Waals surface area contributed by atoms with Crippen LogP contribution in [-0.2, 0) is 4.79 Å². The Morgan fingerprint density at radius 1 is 1.04 bits per heavy atom. The fourth-order valence-electron chi connectivity index (χ4n) is 3.05. The molecule has 0 aliphatic carbocycles. The molecule has 0 saturated carbocycles. The standard InChI is InChI=1S/C20H22Cl2N2OS/c1-2-19(26-18-8-6-15(21)7-9-18)20(25)24-12-10-23(11-13-24)17-5-3-4-16(22)14-17/h3-9,14,19H,2,10-13H2,1H3/t19-/m1/s1. The lowest BCUT2D eigenvalue weighted by molar-refractivity contribution is -0.130. The Morgan fingerprint density at radius 3 is 2.35 bits per heavy atom. The van der Waals surface area contributed by atoms with E-state index in [-0.39, 0.29) is 11.2 Å². The number of thioether (sulfide) groups is 1. The molecule has 0 bridgehead atoms. The molecule has 1 amide bonds. The van der Waals surface area contributed by atoms with Crippen LogP contribution in [0, 0.1) is 0 Å². The van der Waals surface area contributed by atoms with Crippen molar-refractivity contribution in [3.63, 3.8) is 0 Å². The zero-order chi connectivity index (χ0) is 18.5. The molecule has 0 radical (unpaired) electrons. The van der Waals surface area contributed by atoms with Crippen molar-refractivity contribution >= 4 is 46.6 Å². The number of benzene rings is 2. The number of amides is 1. The Hall–Kier alpha value is -1.36. The Kier molecular flexibility index (Phi) is 6.74. The summed E-state index contributed by atoms with van der Waals surface area (Å²) in [6, 6.07) is 15.6. The van der Waals surface area contributed by atoms with E-state index in [4.69, 9.17) is 23.2 Å². The van der Waals surface area contributed by atoms with Crippen LogP contribution in [0.3, 0.4) is 0 Å². The van der Waals surface area contributed by atoms with Crippen LogP contribution in [0.5, 0.6) is 0 Å². The molecule has 1 fully saturated rings. The second kappa shape index (κ2) is 9.03. The third kappa shape index (κ3) is 4.87. The van der Waals surface area contributed by atoms with Crippen LogP contribution in [0.25, 0.3) is 0 Å². The van der Waals surface area contributed by atoms with Gasteiger partial charge in [0.25, 0.3) is 0 Å². The number of carbonyl (C=O) groups is 1. The number of halogens is 2. The SMILES string of the molecule is CC[C@@H](Sc1ccc(Cl)cc1)C(=O)N1CCN(c2cccc(Cl)c2)CC1. The molecule has 1 aliphatic rings. The Bertz CT molecular complexity index is 746. The second-order valence-corrected chi connectivity index (χ2v) is 8.41. The number of carbonyl (C=O) groups excluding carboxylic acids is 1. The van der Waals surface area contributed by atoms with Gasteiger partial charge < -0.3 is 9.80 Å². The maximum Gasteiger partial charge on any atom is 0.236 e. The van der Waals surface area contributed by atoms with E-state index in [0.717, 1.165) is 48.2 Å². The van der Waals surface area contributed by atoms with Gasteiger partial charge in [0.1, 0.15) is 0 Å². The smallest absolute Gasteiger partial charge is 0.236 e. The van der Waals surface area contributed by atoms with Gasteiger partial charge in [0.2, 0.25) is 5.91 Å². The van der Waals surface area contributed by atoms with Crippen LogP contribution < -0.4 is 4.90 Å². The normalized spacial score (nSPS) is 15.8. The molecule has 6 heteroatoms. The van der Waals surface area contributed by atoms with Crippen molar-refractivity contribution in [2.45, 2.75) is 23.5 Å². The van der Waals surface area contributed by atoms with E-state index in [9.17, 15) is 4.79 Å². The Morgan fingerprint density at radius 2 is 1.73 bits per heavy atom. The highest BCUT2D eigenvalue weighted by Crippen LogP contribution is 2.28. The quantitative estimate of drug-likeness (QED) is 0.634. The fraction of sp³-hybridized carbons (Fsp3) is 0.350. The molecule has 1 atom stereocenters. The van der Waals surface area contributed by atoms with Crippen LogP contribution in [-0.4, -0.2) is 42.2 Å². The molecule has 3 rings (SSSR count). The molecular weight excluding hydrogens is 387 g/mol. The van der Waals surface area contributed by atoms with Crippen molar-refractivity contribution < 1.29 is 4.79 Å². The van der Waals surface area contributed by atoms with Gasteiger partial charge in [0, 0.05) is 46.8 Å². The average molecular weight is 409 g/mol. The summed E-state index contributed by atoms with van der Waals surface area (Å²) in [6.45, 7) is 5.20. The molecule has 26 heavy (non-hydrogen) atoms. The molecule has 1 heterocycles. The second-order valence-electron chi connectivity index (χ2n) is 6.26. The summed E-state index contributed by atoms with van der Waals surface area (Å²) in [7, 11) is 0. The lowest BCUT2D eigenvalue weighted by Crippen LogP contribution is -2.51. The van der Waals surface area contributed by atoms with Crippen molar-refractivity contribution in [1.82, 2.24) is 4.90 Å². The van der Waals surface area contributed by atoms with Gasteiger partial charge in [-0.15, -0.1) is 11.8 Å². The number of nitrogens with zero attached hydrogens (tertiary/aromatic N) is 2. The Balaban J connectivity index is 1.58. The van der Waals surface area contributed by atoms with Crippen LogP contribution in [0.2, 0.25) is 10.0 Å². The van der Waals surface area contributed by atoms with Gasteiger partial charge in [-0.05, 0) is 48.9 Å². The van der Waals surface area contributed by atoms with E-state index in [1.54, 1.807) is 11.8 Å². The highest BCUT2D eigenvalue weighted by atomic mass is 35.5. The molecule has 0 unspecified atom stereocenters. The van der Waals surface area contributed by atoms with E-state index in [1.807, 2.05) is 47.4 Å². The predicted molar refractivity (Wildman–Crippen MR) is 112 cm³/mol. The van der Waals surface area contributed by atoms with Crippen LogP contribution in [0.4, 0.5) is 5.69 Å². The van der Waals surface area contributed by atoms with Gasteiger partial charge in [0.05, 0.1) is 5.25 Å². The van der Waals surface area contributed by atoms with Crippen molar-refractivity contribution in [2.75, 3.05) is 31.1 Å². The minimum atomic E-state index is -0.0612. The topological polar surface area (TPSA) is 23.6 Å². The molecule has 3 nitrogen and oxygen atoms in total. The van der Waals surface area contributed by atoms with Crippen molar-refractivity contribution in [3.05, 3.63) is 58.6 Å². The first-order chi connectivity index (χ1) is 12.6. The summed E-state index contributed by atoms with van der Waals surface area (Å²) < 4.78 is 0. The maximum atomic E-state index is 12.9. The third-order valence-electron chi connectivity index (χ3n) is 4.50. The zero-order valence-corrected chi connectivity index (χ0v) is 17.0. The summed E-state index contributed by atoms with van der Waals surface area (Å²) in [5.41, 5.74) is 1.12. The van der Waals surface area contributed by atoms with E-state index in [0.29, 0.717) is 5.02 Å². The first-order valence-electron chi connectivity index (χ1n) is 8.78. The van der Waals surface area contributed by atoms with Crippen LogP contribution >= 0.6 is 35.0 Å². The number of piperazine rings is 1. The predicted octanol–water partition coefficient (Wildman–Crippen LogP) is 5.21. The number of hydrogen-bond acceptors (Lipinski definition) is 3. The zero-order valence-electron chi connectivity index (χ0n) is 14.7. The molecule has 0 aromatic heterocycles. The number of anilines is 1. The molecule has 2 aromatic carbocycles. The van der Waals surface area contributed by atoms with Crippen LogP contribution in [0.15, 0.2) is 53.4 Å². The molecule has 1 aliphatic heterocycles. The summed E-state index contributed by atoms with van der Waals surface area (Å²) in [6.07, 6.45) is 0.806. The van der Waals surface area contributed by atoms with Crippen molar-refractivity contribution in [2.24, 2.45) is 0 Å². The fourth-order valence-corrected chi connectivity index (χ4v) is 4.40. The highest BCUT2D eigenvalue weighted by Gasteiger charge is 2.27.